The van der Waals surface area contributed by atoms with E-state index < -0.39 is 5.41 Å². The molecule has 172 valence electrons. The Labute approximate surface area is 193 Å². The Morgan fingerprint density at radius 1 is 1.06 bits per heavy atom. The van der Waals surface area contributed by atoms with Gasteiger partial charge in [-0.3, -0.25) is 19.4 Å². The van der Waals surface area contributed by atoms with E-state index in [0.29, 0.717) is 17.7 Å². The number of imide groups is 1. The second-order valence-electron chi connectivity index (χ2n) is 8.89. The molecule has 33 heavy (non-hydrogen) atoms. The lowest BCUT2D eigenvalue weighted by atomic mass is 9.81. The average molecular weight is 450 g/mol. The molecular weight excluding hydrogens is 421 g/mol. The third-order valence-electron chi connectivity index (χ3n) is 6.69. The highest BCUT2D eigenvalue weighted by Crippen LogP contribution is 2.36. The molecule has 4 rings (SSSR count). The van der Waals surface area contributed by atoms with Crippen LogP contribution in [0.15, 0.2) is 42.6 Å². The number of nitrogens with zero attached hydrogens (tertiary/aromatic N) is 5. The number of unbranched alkanes of at least 4 members (excludes halogenated alkanes) is 1. The van der Waals surface area contributed by atoms with Crippen LogP contribution in [0.3, 0.4) is 0 Å². The van der Waals surface area contributed by atoms with Gasteiger partial charge < -0.3 is 4.90 Å². The summed E-state index contributed by atoms with van der Waals surface area (Å²) in [7, 11) is 0. The van der Waals surface area contributed by atoms with Crippen LogP contribution in [0.25, 0.3) is 0 Å². The normalized spacial score (nSPS) is 21.5. The maximum atomic E-state index is 13.3. The van der Waals surface area contributed by atoms with E-state index in [1.165, 1.54) is 17.0 Å². The van der Waals surface area contributed by atoms with Crippen LogP contribution >= 0.6 is 0 Å². The molecule has 0 spiro atoms. The Balaban J connectivity index is 1.24. The fourth-order valence-corrected chi connectivity index (χ4v) is 4.68. The number of piperazine rings is 1. The molecule has 2 fully saturated rings. The van der Waals surface area contributed by atoms with Crippen molar-refractivity contribution in [2.24, 2.45) is 0 Å². The van der Waals surface area contributed by atoms with Crippen LogP contribution < -0.4 is 4.90 Å². The minimum Gasteiger partial charge on any atom is -0.353 e. The highest BCUT2D eigenvalue weighted by Gasteiger charge is 2.48. The lowest BCUT2D eigenvalue weighted by Gasteiger charge is -2.35. The number of nitriles is 1. The fraction of sp³-hybridized carbons (Fsp3) is 0.440. The van der Waals surface area contributed by atoms with Gasteiger partial charge in [-0.2, -0.15) is 5.26 Å². The van der Waals surface area contributed by atoms with Crippen molar-refractivity contribution in [2.45, 2.75) is 31.6 Å². The summed E-state index contributed by atoms with van der Waals surface area (Å²) in [6.07, 6.45) is 3.47. The highest BCUT2D eigenvalue weighted by atomic mass is 19.1. The van der Waals surface area contributed by atoms with Crippen molar-refractivity contribution in [1.29, 1.82) is 5.26 Å². The molecule has 0 N–H and O–H groups in total. The largest absolute Gasteiger partial charge is 0.353 e. The van der Waals surface area contributed by atoms with Gasteiger partial charge in [0.25, 0.3) is 0 Å². The minimum atomic E-state index is -0.922. The molecule has 0 radical (unpaired) electrons. The predicted octanol–water partition coefficient (Wildman–Crippen LogP) is 2.71. The van der Waals surface area contributed by atoms with Gasteiger partial charge in [0.15, 0.2) is 0 Å². The van der Waals surface area contributed by atoms with Crippen LogP contribution in [0.4, 0.5) is 10.2 Å². The quantitative estimate of drug-likeness (QED) is 0.478. The van der Waals surface area contributed by atoms with Crippen molar-refractivity contribution in [1.82, 2.24) is 14.8 Å². The molecule has 2 aromatic rings. The topological polar surface area (TPSA) is 80.5 Å². The van der Waals surface area contributed by atoms with Gasteiger partial charge in [-0.15, -0.1) is 0 Å². The molecule has 2 amide bonds. The molecule has 1 aromatic carbocycles. The van der Waals surface area contributed by atoms with Gasteiger partial charge in [0.2, 0.25) is 11.8 Å². The van der Waals surface area contributed by atoms with Crippen LogP contribution in [0, 0.1) is 17.1 Å². The van der Waals surface area contributed by atoms with Crippen LogP contribution in [0.1, 0.15) is 37.3 Å². The third kappa shape index (κ3) is 4.74. The first-order chi connectivity index (χ1) is 15.9. The number of rotatable bonds is 7. The van der Waals surface area contributed by atoms with Crippen molar-refractivity contribution in [3.63, 3.8) is 0 Å². The van der Waals surface area contributed by atoms with Gasteiger partial charge in [0.05, 0.1) is 11.0 Å². The molecule has 3 heterocycles. The number of halogens is 1. The predicted molar refractivity (Wildman–Crippen MR) is 122 cm³/mol. The summed E-state index contributed by atoms with van der Waals surface area (Å²) >= 11 is 0. The van der Waals surface area contributed by atoms with E-state index in [1.807, 2.05) is 0 Å². The lowest BCUT2D eigenvalue weighted by Crippen LogP contribution is -2.47. The van der Waals surface area contributed by atoms with Crippen LogP contribution in [0.2, 0.25) is 0 Å². The second kappa shape index (κ2) is 9.67. The molecule has 1 atom stereocenters. The molecular formula is C25H28FN5O2. The van der Waals surface area contributed by atoms with Gasteiger partial charge in [-0.1, -0.05) is 12.1 Å². The van der Waals surface area contributed by atoms with E-state index in [9.17, 15) is 19.2 Å². The minimum absolute atomic E-state index is 0.123. The molecule has 2 saturated heterocycles. The lowest BCUT2D eigenvalue weighted by molar-refractivity contribution is -0.139. The molecule has 0 aliphatic carbocycles. The smallest absolute Gasteiger partial charge is 0.240 e. The van der Waals surface area contributed by atoms with Crippen molar-refractivity contribution >= 4 is 17.6 Å². The zero-order valence-electron chi connectivity index (χ0n) is 18.8. The standard InChI is InChI=1S/C25H28FN5O2/c1-25(20-6-8-21(26)9-7-20)17-22(32)31(24(25)33)12-3-2-11-29-13-15-30(16-14-29)23-19(18-27)5-4-10-28-23/h4-10H,2-3,11-17H2,1H3. The summed E-state index contributed by atoms with van der Waals surface area (Å²) in [6.45, 7) is 6.45. The van der Waals surface area contributed by atoms with Crippen molar-refractivity contribution in [3.8, 4) is 6.07 Å². The summed E-state index contributed by atoms with van der Waals surface area (Å²) < 4.78 is 13.3. The molecule has 1 aromatic heterocycles. The number of carbonyl (C=O) groups excluding carboxylic acids is 2. The number of amides is 2. The van der Waals surface area contributed by atoms with Crippen LogP contribution in [0.5, 0.6) is 0 Å². The summed E-state index contributed by atoms with van der Waals surface area (Å²) in [5, 5.41) is 9.29. The Hall–Kier alpha value is -3.31. The van der Waals surface area contributed by atoms with Crippen LogP contribution in [-0.2, 0) is 15.0 Å². The van der Waals surface area contributed by atoms with E-state index in [-0.39, 0.29) is 24.1 Å². The van der Waals surface area contributed by atoms with E-state index >= 15 is 0 Å². The van der Waals surface area contributed by atoms with Crippen molar-refractivity contribution in [3.05, 3.63) is 59.5 Å². The number of pyridine rings is 1. The van der Waals surface area contributed by atoms with Gasteiger partial charge in [0.1, 0.15) is 17.7 Å². The first kappa shape index (κ1) is 22.9. The third-order valence-corrected chi connectivity index (χ3v) is 6.69. The number of hydrogen-bond acceptors (Lipinski definition) is 6. The Kier molecular flexibility index (Phi) is 6.70. The van der Waals surface area contributed by atoms with E-state index in [0.717, 1.165) is 51.4 Å². The second-order valence-corrected chi connectivity index (χ2v) is 8.89. The first-order valence-electron chi connectivity index (χ1n) is 11.4. The average Bonchev–Trinajstić information content (AvgIpc) is 3.06. The SMILES string of the molecule is CC1(c2ccc(F)cc2)CC(=O)N(CCCCN2CCN(c3ncccc3C#N)CC2)C1=O. The number of anilines is 1. The number of benzene rings is 1. The summed E-state index contributed by atoms with van der Waals surface area (Å²) in [5.41, 5.74) is 0.350. The maximum absolute atomic E-state index is 13.3. The maximum Gasteiger partial charge on any atom is 0.240 e. The zero-order chi connectivity index (χ0) is 23.4. The van der Waals surface area contributed by atoms with E-state index in [4.69, 9.17) is 0 Å². The fourth-order valence-electron chi connectivity index (χ4n) is 4.68. The van der Waals surface area contributed by atoms with Crippen molar-refractivity contribution < 1.29 is 14.0 Å². The Morgan fingerprint density at radius 2 is 1.76 bits per heavy atom. The van der Waals surface area contributed by atoms with Gasteiger partial charge in [0, 0.05) is 45.3 Å². The molecule has 0 bridgehead atoms. The van der Waals surface area contributed by atoms with E-state index in [2.05, 4.69) is 20.9 Å². The van der Waals surface area contributed by atoms with Crippen molar-refractivity contribution in [2.75, 3.05) is 44.2 Å². The number of hydrogen-bond donors (Lipinski definition) is 0. The van der Waals surface area contributed by atoms with Gasteiger partial charge in [-0.25, -0.2) is 9.37 Å². The molecule has 2 aliphatic heterocycles. The first-order valence-corrected chi connectivity index (χ1v) is 11.4. The van der Waals surface area contributed by atoms with Gasteiger partial charge >= 0.3 is 0 Å². The zero-order valence-corrected chi connectivity index (χ0v) is 18.8. The Bertz CT molecular complexity index is 1060. The molecule has 8 heteroatoms. The summed E-state index contributed by atoms with van der Waals surface area (Å²) in [4.78, 5) is 35.8. The summed E-state index contributed by atoms with van der Waals surface area (Å²) in [6, 6.07) is 11.6. The Morgan fingerprint density at radius 3 is 2.45 bits per heavy atom. The van der Waals surface area contributed by atoms with Gasteiger partial charge in [-0.05, 0) is 56.1 Å². The highest BCUT2D eigenvalue weighted by molar-refractivity contribution is 6.08. The molecule has 7 nitrogen and oxygen atoms in total. The number of aromatic nitrogens is 1. The summed E-state index contributed by atoms with van der Waals surface area (Å²) in [5.74, 6) is 0.0257. The number of carbonyl (C=O) groups is 2. The molecule has 0 saturated carbocycles. The monoisotopic (exact) mass is 449 g/mol. The molecule has 2 aliphatic rings. The number of likely N-dealkylation sites (tertiary alicyclic amines) is 1. The van der Waals surface area contributed by atoms with E-state index in [1.54, 1.807) is 37.4 Å². The van der Waals surface area contributed by atoms with Crippen LogP contribution in [-0.4, -0.2) is 65.9 Å². The molecule has 1 unspecified atom stereocenters.